The average molecular weight is 213 g/mol. The largest absolute Gasteiger partial charge is 0.353 e. The summed E-state index contributed by atoms with van der Waals surface area (Å²) < 4.78 is 0. The molecule has 0 saturated carbocycles. The van der Waals surface area contributed by atoms with Crippen LogP contribution in [-0.4, -0.2) is 50.6 Å². The Morgan fingerprint density at radius 1 is 1.53 bits per heavy atom. The lowest BCUT2D eigenvalue weighted by atomic mass is 9.92. The molecule has 0 aliphatic carbocycles. The van der Waals surface area contributed by atoms with Crippen molar-refractivity contribution in [3.8, 4) is 0 Å². The van der Waals surface area contributed by atoms with Gasteiger partial charge >= 0.3 is 0 Å². The molecule has 1 aliphatic heterocycles. The first-order valence-electron chi connectivity index (χ1n) is 5.77. The van der Waals surface area contributed by atoms with Gasteiger partial charge < -0.3 is 15.5 Å². The molecule has 4 nitrogen and oxygen atoms in total. The lowest BCUT2D eigenvalue weighted by Crippen LogP contribution is -2.51. The molecule has 0 aromatic carbocycles. The number of carbonyl (C=O) groups excluding carboxylic acids is 1. The number of likely N-dealkylation sites (N-methyl/N-ethyl adjacent to an activating group) is 1. The average Bonchev–Trinajstić information content (AvgIpc) is 2.17. The van der Waals surface area contributed by atoms with Crippen LogP contribution in [0.15, 0.2) is 0 Å². The fourth-order valence-corrected chi connectivity index (χ4v) is 1.91. The van der Waals surface area contributed by atoms with E-state index in [0.29, 0.717) is 5.92 Å². The SMILES string of the molecule is CC1CCCNC1C(=O)NCCN(C)C. The fraction of sp³-hybridized carbons (Fsp3) is 0.909. The van der Waals surface area contributed by atoms with Gasteiger partial charge in [0, 0.05) is 13.1 Å². The van der Waals surface area contributed by atoms with Gasteiger partial charge in [0.15, 0.2) is 0 Å². The third kappa shape index (κ3) is 4.18. The van der Waals surface area contributed by atoms with E-state index in [2.05, 4.69) is 22.5 Å². The van der Waals surface area contributed by atoms with E-state index in [1.54, 1.807) is 0 Å². The normalized spacial score (nSPS) is 26.7. The molecule has 2 N–H and O–H groups in total. The summed E-state index contributed by atoms with van der Waals surface area (Å²) in [5, 5.41) is 6.25. The predicted molar refractivity (Wildman–Crippen MR) is 61.8 cm³/mol. The number of rotatable bonds is 4. The Labute approximate surface area is 92.4 Å². The van der Waals surface area contributed by atoms with Crippen LogP contribution in [0.4, 0.5) is 0 Å². The summed E-state index contributed by atoms with van der Waals surface area (Å²) in [5.74, 6) is 0.613. The van der Waals surface area contributed by atoms with E-state index in [1.807, 2.05) is 14.1 Å². The van der Waals surface area contributed by atoms with E-state index in [0.717, 1.165) is 26.1 Å². The van der Waals surface area contributed by atoms with Crippen molar-refractivity contribution in [1.82, 2.24) is 15.5 Å². The van der Waals surface area contributed by atoms with Gasteiger partial charge in [-0.25, -0.2) is 0 Å². The number of hydrogen-bond donors (Lipinski definition) is 2. The van der Waals surface area contributed by atoms with Crippen LogP contribution in [0.1, 0.15) is 19.8 Å². The Bertz CT molecular complexity index is 206. The molecule has 88 valence electrons. The van der Waals surface area contributed by atoms with Crippen LogP contribution >= 0.6 is 0 Å². The highest BCUT2D eigenvalue weighted by molar-refractivity contribution is 5.82. The number of amides is 1. The minimum Gasteiger partial charge on any atom is -0.353 e. The molecule has 0 bridgehead atoms. The van der Waals surface area contributed by atoms with Gasteiger partial charge in [-0.15, -0.1) is 0 Å². The highest BCUT2D eigenvalue weighted by atomic mass is 16.2. The topological polar surface area (TPSA) is 44.4 Å². The second kappa shape index (κ2) is 6.08. The van der Waals surface area contributed by atoms with Crippen molar-refractivity contribution in [2.24, 2.45) is 5.92 Å². The molecule has 1 aliphatic rings. The van der Waals surface area contributed by atoms with Crippen molar-refractivity contribution in [2.45, 2.75) is 25.8 Å². The second-order valence-corrected chi connectivity index (χ2v) is 4.65. The van der Waals surface area contributed by atoms with Crippen LogP contribution in [0.2, 0.25) is 0 Å². The van der Waals surface area contributed by atoms with Gasteiger partial charge in [-0.1, -0.05) is 6.92 Å². The monoisotopic (exact) mass is 213 g/mol. The van der Waals surface area contributed by atoms with Crippen LogP contribution in [-0.2, 0) is 4.79 Å². The molecule has 4 heteroatoms. The summed E-state index contributed by atoms with van der Waals surface area (Å²) in [5.41, 5.74) is 0. The molecule has 1 heterocycles. The second-order valence-electron chi connectivity index (χ2n) is 4.65. The minimum absolute atomic E-state index is 0.0147. The third-order valence-corrected chi connectivity index (χ3v) is 2.91. The van der Waals surface area contributed by atoms with Gasteiger partial charge in [0.25, 0.3) is 0 Å². The molecule has 1 amide bonds. The lowest BCUT2D eigenvalue weighted by Gasteiger charge is -2.29. The molecule has 1 rings (SSSR count). The molecule has 1 fully saturated rings. The maximum absolute atomic E-state index is 11.8. The van der Waals surface area contributed by atoms with Gasteiger partial charge in [0.2, 0.25) is 5.91 Å². The zero-order valence-corrected chi connectivity index (χ0v) is 10.0. The van der Waals surface area contributed by atoms with Crippen molar-refractivity contribution >= 4 is 5.91 Å². The van der Waals surface area contributed by atoms with E-state index in [1.165, 1.54) is 6.42 Å². The van der Waals surface area contributed by atoms with E-state index in [-0.39, 0.29) is 11.9 Å². The molecule has 2 atom stereocenters. The lowest BCUT2D eigenvalue weighted by molar-refractivity contribution is -0.124. The first-order chi connectivity index (χ1) is 7.11. The fourth-order valence-electron chi connectivity index (χ4n) is 1.91. The summed E-state index contributed by atoms with van der Waals surface area (Å²) >= 11 is 0. The molecule has 2 unspecified atom stereocenters. The number of nitrogens with zero attached hydrogens (tertiary/aromatic N) is 1. The molecule has 0 radical (unpaired) electrons. The molecule has 15 heavy (non-hydrogen) atoms. The van der Waals surface area contributed by atoms with Crippen LogP contribution in [0.25, 0.3) is 0 Å². The smallest absolute Gasteiger partial charge is 0.237 e. The Morgan fingerprint density at radius 2 is 2.27 bits per heavy atom. The van der Waals surface area contributed by atoms with E-state index >= 15 is 0 Å². The predicted octanol–water partition coefficient (Wildman–Crippen LogP) is 0.0523. The number of piperidine rings is 1. The molecule has 1 saturated heterocycles. The summed E-state index contributed by atoms with van der Waals surface area (Å²) in [4.78, 5) is 13.9. The van der Waals surface area contributed by atoms with Gasteiger partial charge in [0.05, 0.1) is 6.04 Å². The summed E-state index contributed by atoms with van der Waals surface area (Å²) in [6.45, 7) is 4.74. The molecule has 0 aromatic rings. The number of nitrogens with one attached hydrogen (secondary N) is 2. The van der Waals surface area contributed by atoms with Crippen LogP contribution in [0, 0.1) is 5.92 Å². The molecular formula is C11H23N3O. The Kier molecular flexibility index (Phi) is 5.05. The van der Waals surface area contributed by atoms with Gasteiger partial charge in [-0.05, 0) is 39.4 Å². The summed E-state index contributed by atoms with van der Waals surface area (Å²) in [7, 11) is 4.02. The van der Waals surface area contributed by atoms with Crippen molar-refractivity contribution < 1.29 is 4.79 Å². The summed E-state index contributed by atoms with van der Waals surface area (Å²) in [6.07, 6.45) is 2.33. The Balaban J connectivity index is 2.26. The summed E-state index contributed by atoms with van der Waals surface area (Å²) in [6, 6.07) is 0.0147. The van der Waals surface area contributed by atoms with Crippen molar-refractivity contribution in [3.05, 3.63) is 0 Å². The van der Waals surface area contributed by atoms with Gasteiger partial charge in [0.1, 0.15) is 0 Å². The van der Waals surface area contributed by atoms with Crippen molar-refractivity contribution in [1.29, 1.82) is 0 Å². The number of carbonyl (C=O) groups is 1. The van der Waals surface area contributed by atoms with E-state index in [4.69, 9.17) is 0 Å². The Hall–Kier alpha value is -0.610. The third-order valence-electron chi connectivity index (χ3n) is 2.91. The molecule has 0 spiro atoms. The first-order valence-corrected chi connectivity index (χ1v) is 5.77. The molecular weight excluding hydrogens is 190 g/mol. The maximum Gasteiger partial charge on any atom is 0.237 e. The van der Waals surface area contributed by atoms with Gasteiger partial charge in [-0.2, -0.15) is 0 Å². The van der Waals surface area contributed by atoms with Gasteiger partial charge in [-0.3, -0.25) is 4.79 Å². The zero-order valence-electron chi connectivity index (χ0n) is 10.0. The van der Waals surface area contributed by atoms with Crippen LogP contribution < -0.4 is 10.6 Å². The van der Waals surface area contributed by atoms with Crippen LogP contribution in [0.3, 0.4) is 0 Å². The van der Waals surface area contributed by atoms with Crippen LogP contribution in [0.5, 0.6) is 0 Å². The van der Waals surface area contributed by atoms with E-state index < -0.39 is 0 Å². The Morgan fingerprint density at radius 3 is 2.87 bits per heavy atom. The first kappa shape index (κ1) is 12.5. The quantitative estimate of drug-likeness (QED) is 0.694. The number of hydrogen-bond acceptors (Lipinski definition) is 3. The standard InChI is InChI=1S/C11H23N3O/c1-9-5-4-6-12-10(9)11(15)13-7-8-14(2)3/h9-10,12H,4-8H2,1-3H3,(H,13,15). The highest BCUT2D eigenvalue weighted by Crippen LogP contribution is 2.15. The maximum atomic E-state index is 11.8. The molecule has 0 aromatic heterocycles. The zero-order chi connectivity index (χ0) is 11.3. The minimum atomic E-state index is 0.0147. The highest BCUT2D eigenvalue weighted by Gasteiger charge is 2.26. The van der Waals surface area contributed by atoms with Crippen molar-refractivity contribution in [3.63, 3.8) is 0 Å². The van der Waals surface area contributed by atoms with Crippen molar-refractivity contribution in [2.75, 3.05) is 33.7 Å². The van der Waals surface area contributed by atoms with E-state index in [9.17, 15) is 4.79 Å².